The van der Waals surface area contributed by atoms with E-state index in [9.17, 15) is 9.90 Å². The minimum Gasteiger partial charge on any atom is -0.508 e. The fourth-order valence-electron chi connectivity index (χ4n) is 2.91. The largest absolute Gasteiger partial charge is 0.508 e. The lowest BCUT2D eigenvalue weighted by molar-refractivity contribution is 0.0600. The minimum absolute atomic E-state index is 0.301. The molecule has 0 aromatic heterocycles. The first kappa shape index (κ1) is 17.1. The van der Waals surface area contributed by atoms with Gasteiger partial charge in [-0.3, -0.25) is 0 Å². The summed E-state index contributed by atoms with van der Waals surface area (Å²) in [6, 6.07) is 15.1. The SMILES string of the molecule is CCC(CC(C)c1ccc(C(=O)OC)cc1)c1ccc(O)cc1. The van der Waals surface area contributed by atoms with Crippen LogP contribution in [0.4, 0.5) is 0 Å². The molecule has 1 N–H and O–H groups in total. The number of aromatic hydroxyl groups is 1. The molecule has 0 bridgehead atoms. The van der Waals surface area contributed by atoms with Crippen LogP contribution in [0.15, 0.2) is 48.5 Å². The monoisotopic (exact) mass is 312 g/mol. The van der Waals surface area contributed by atoms with Gasteiger partial charge >= 0.3 is 5.97 Å². The molecule has 122 valence electrons. The van der Waals surface area contributed by atoms with E-state index in [1.165, 1.54) is 18.2 Å². The summed E-state index contributed by atoms with van der Waals surface area (Å²) in [6.45, 7) is 4.39. The Hall–Kier alpha value is -2.29. The molecule has 0 saturated heterocycles. The molecule has 0 fully saturated rings. The highest BCUT2D eigenvalue weighted by atomic mass is 16.5. The van der Waals surface area contributed by atoms with Gasteiger partial charge in [-0.2, -0.15) is 0 Å². The lowest BCUT2D eigenvalue weighted by Crippen LogP contribution is -2.05. The van der Waals surface area contributed by atoms with Crippen molar-refractivity contribution in [2.45, 2.75) is 38.5 Å². The topological polar surface area (TPSA) is 46.5 Å². The van der Waals surface area contributed by atoms with Crippen LogP contribution in [0.5, 0.6) is 5.75 Å². The molecule has 3 heteroatoms. The molecule has 3 nitrogen and oxygen atoms in total. The van der Waals surface area contributed by atoms with Crippen LogP contribution in [0.1, 0.15) is 60.0 Å². The number of phenolic OH excluding ortho intramolecular Hbond substituents is 1. The first-order chi connectivity index (χ1) is 11.0. The molecule has 2 atom stereocenters. The Morgan fingerprint density at radius 3 is 2.13 bits per heavy atom. The second-order valence-electron chi connectivity index (χ2n) is 5.95. The van der Waals surface area contributed by atoms with Crippen molar-refractivity contribution < 1.29 is 14.6 Å². The zero-order valence-corrected chi connectivity index (χ0v) is 14.0. The summed E-state index contributed by atoms with van der Waals surface area (Å²) in [5.74, 6) is 0.834. The molecule has 0 heterocycles. The van der Waals surface area contributed by atoms with E-state index in [-0.39, 0.29) is 5.97 Å². The Morgan fingerprint density at radius 2 is 1.61 bits per heavy atom. The maximum Gasteiger partial charge on any atom is 0.337 e. The summed E-state index contributed by atoms with van der Waals surface area (Å²) < 4.78 is 4.73. The molecule has 2 aromatic rings. The van der Waals surface area contributed by atoms with Gasteiger partial charge in [-0.15, -0.1) is 0 Å². The van der Waals surface area contributed by atoms with Crippen molar-refractivity contribution in [1.82, 2.24) is 0 Å². The highest BCUT2D eigenvalue weighted by molar-refractivity contribution is 5.89. The average Bonchev–Trinajstić information content (AvgIpc) is 2.59. The van der Waals surface area contributed by atoms with Crippen LogP contribution in [0.3, 0.4) is 0 Å². The van der Waals surface area contributed by atoms with E-state index in [1.807, 2.05) is 36.4 Å². The third kappa shape index (κ3) is 4.35. The normalized spacial score (nSPS) is 13.3. The van der Waals surface area contributed by atoms with E-state index in [0.29, 0.717) is 23.1 Å². The number of benzene rings is 2. The fourth-order valence-corrected chi connectivity index (χ4v) is 2.91. The van der Waals surface area contributed by atoms with Gasteiger partial charge in [-0.25, -0.2) is 4.79 Å². The van der Waals surface area contributed by atoms with Gasteiger partial charge in [0.05, 0.1) is 12.7 Å². The molecular formula is C20H24O3. The second-order valence-corrected chi connectivity index (χ2v) is 5.95. The predicted molar refractivity (Wildman–Crippen MR) is 92.0 cm³/mol. The van der Waals surface area contributed by atoms with Crippen LogP contribution in [0.25, 0.3) is 0 Å². The lowest BCUT2D eigenvalue weighted by Gasteiger charge is -2.21. The first-order valence-electron chi connectivity index (χ1n) is 8.02. The molecule has 0 spiro atoms. The Balaban J connectivity index is 2.08. The Morgan fingerprint density at radius 1 is 1.04 bits per heavy atom. The molecule has 0 aliphatic heterocycles. The molecular weight excluding hydrogens is 288 g/mol. The number of carbonyl (C=O) groups is 1. The number of hydrogen-bond acceptors (Lipinski definition) is 3. The molecule has 0 amide bonds. The molecule has 0 saturated carbocycles. The van der Waals surface area contributed by atoms with Gasteiger partial charge in [0.1, 0.15) is 5.75 Å². The highest BCUT2D eigenvalue weighted by Crippen LogP contribution is 2.32. The van der Waals surface area contributed by atoms with Gasteiger partial charge in [0.2, 0.25) is 0 Å². The van der Waals surface area contributed by atoms with Crippen LogP contribution < -0.4 is 0 Å². The lowest BCUT2D eigenvalue weighted by atomic mass is 9.84. The van der Waals surface area contributed by atoms with Gasteiger partial charge in [0.25, 0.3) is 0 Å². The van der Waals surface area contributed by atoms with Crippen LogP contribution in [0.2, 0.25) is 0 Å². The number of methoxy groups -OCH3 is 1. The predicted octanol–water partition coefficient (Wildman–Crippen LogP) is 4.87. The second kappa shape index (κ2) is 7.82. The van der Waals surface area contributed by atoms with E-state index in [1.54, 1.807) is 12.1 Å². The van der Waals surface area contributed by atoms with Crippen molar-refractivity contribution in [3.05, 3.63) is 65.2 Å². The molecule has 0 aliphatic carbocycles. The van der Waals surface area contributed by atoms with Crippen molar-refractivity contribution >= 4 is 5.97 Å². The van der Waals surface area contributed by atoms with E-state index in [0.717, 1.165) is 12.8 Å². The van der Waals surface area contributed by atoms with Crippen LogP contribution in [-0.2, 0) is 4.74 Å². The van der Waals surface area contributed by atoms with Crippen molar-refractivity contribution in [1.29, 1.82) is 0 Å². The first-order valence-corrected chi connectivity index (χ1v) is 8.02. The van der Waals surface area contributed by atoms with Crippen LogP contribution in [-0.4, -0.2) is 18.2 Å². The van der Waals surface area contributed by atoms with Gasteiger partial charge in [-0.05, 0) is 60.1 Å². The molecule has 2 aromatic carbocycles. The maximum atomic E-state index is 11.5. The molecule has 0 radical (unpaired) electrons. The molecule has 0 aliphatic rings. The van der Waals surface area contributed by atoms with Crippen molar-refractivity contribution in [3.63, 3.8) is 0 Å². The van der Waals surface area contributed by atoms with Crippen LogP contribution >= 0.6 is 0 Å². The van der Waals surface area contributed by atoms with E-state index < -0.39 is 0 Å². The van der Waals surface area contributed by atoms with Gasteiger partial charge in [0.15, 0.2) is 0 Å². The Kier molecular flexibility index (Phi) is 5.80. The average molecular weight is 312 g/mol. The van der Waals surface area contributed by atoms with Gasteiger partial charge in [-0.1, -0.05) is 38.1 Å². The zero-order chi connectivity index (χ0) is 16.8. The number of carbonyl (C=O) groups excluding carboxylic acids is 1. The zero-order valence-electron chi connectivity index (χ0n) is 14.0. The molecule has 2 unspecified atom stereocenters. The number of hydrogen-bond donors (Lipinski definition) is 1. The molecule has 23 heavy (non-hydrogen) atoms. The van der Waals surface area contributed by atoms with E-state index in [2.05, 4.69) is 13.8 Å². The van der Waals surface area contributed by atoms with Gasteiger partial charge < -0.3 is 9.84 Å². The van der Waals surface area contributed by atoms with Crippen molar-refractivity contribution in [3.8, 4) is 5.75 Å². The van der Waals surface area contributed by atoms with E-state index in [4.69, 9.17) is 4.74 Å². The van der Waals surface area contributed by atoms with E-state index >= 15 is 0 Å². The van der Waals surface area contributed by atoms with Crippen molar-refractivity contribution in [2.24, 2.45) is 0 Å². The quantitative estimate of drug-likeness (QED) is 0.774. The third-order valence-corrected chi connectivity index (χ3v) is 4.40. The van der Waals surface area contributed by atoms with Gasteiger partial charge in [0, 0.05) is 0 Å². The molecule has 2 rings (SSSR count). The summed E-state index contributed by atoms with van der Waals surface area (Å²) in [7, 11) is 1.39. The summed E-state index contributed by atoms with van der Waals surface area (Å²) >= 11 is 0. The van der Waals surface area contributed by atoms with Crippen LogP contribution in [0, 0.1) is 0 Å². The van der Waals surface area contributed by atoms with Crippen molar-refractivity contribution in [2.75, 3.05) is 7.11 Å². The number of esters is 1. The number of rotatable bonds is 6. The number of phenols is 1. The standard InChI is InChI=1S/C20H24O3/c1-4-15(17-9-11-19(21)12-10-17)13-14(2)16-5-7-18(8-6-16)20(22)23-3/h5-12,14-15,21H,4,13H2,1-3H3. The Bertz CT molecular complexity index is 629. The summed E-state index contributed by atoms with van der Waals surface area (Å²) in [5, 5.41) is 9.42. The smallest absolute Gasteiger partial charge is 0.337 e. The third-order valence-electron chi connectivity index (χ3n) is 4.40. The summed E-state index contributed by atoms with van der Waals surface area (Å²) in [4.78, 5) is 11.5. The summed E-state index contributed by atoms with van der Waals surface area (Å²) in [6.07, 6.45) is 2.08. The highest BCUT2D eigenvalue weighted by Gasteiger charge is 2.16. The summed E-state index contributed by atoms with van der Waals surface area (Å²) in [5.41, 5.74) is 3.05. The number of ether oxygens (including phenoxy) is 1. The minimum atomic E-state index is -0.306. The maximum absolute atomic E-state index is 11.5. The Labute approximate surface area is 137 Å². The fraction of sp³-hybridized carbons (Fsp3) is 0.350.